The zero-order valence-electron chi connectivity index (χ0n) is 15.1. The lowest BCUT2D eigenvalue weighted by molar-refractivity contribution is 0.246. The van der Waals surface area contributed by atoms with Crippen LogP contribution in [0.25, 0.3) is 0 Å². The van der Waals surface area contributed by atoms with Gasteiger partial charge in [0, 0.05) is 32.1 Å². The van der Waals surface area contributed by atoms with Gasteiger partial charge in [0.15, 0.2) is 5.76 Å². The van der Waals surface area contributed by atoms with Gasteiger partial charge in [-0.05, 0) is 18.4 Å². The van der Waals surface area contributed by atoms with Crippen LogP contribution < -0.4 is 10.6 Å². The lowest BCUT2D eigenvalue weighted by atomic mass is 10.1. The Hall–Kier alpha value is -2.34. The van der Waals surface area contributed by atoms with Crippen LogP contribution in [0.4, 0.5) is 10.5 Å². The molecule has 2 atom stereocenters. The molecule has 2 unspecified atom stereocenters. The van der Waals surface area contributed by atoms with E-state index >= 15 is 0 Å². The SMILES string of the molecule is CCc1onc(C)c1NC(=O)NC1CN(Cc2ccccc2)CC1C. The second kappa shape index (κ2) is 7.70. The van der Waals surface area contributed by atoms with Gasteiger partial charge in [0.1, 0.15) is 11.4 Å². The molecule has 0 radical (unpaired) electrons. The molecule has 1 saturated heterocycles. The lowest BCUT2D eigenvalue weighted by Gasteiger charge is -2.18. The minimum atomic E-state index is -0.195. The first-order chi connectivity index (χ1) is 12.1. The van der Waals surface area contributed by atoms with Gasteiger partial charge < -0.3 is 15.2 Å². The number of anilines is 1. The standard InChI is InChI=1S/C19H26N4O2/c1-4-17-18(14(3)22-25-17)21-19(24)20-16-12-23(10-13(16)2)11-15-8-6-5-7-9-15/h5-9,13,16H,4,10-12H2,1-3H3,(H2,20,21,24). The first-order valence-corrected chi connectivity index (χ1v) is 8.85. The number of urea groups is 1. The number of rotatable bonds is 5. The number of benzene rings is 1. The third kappa shape index (κ3) is 4.20. The Kier molecular flexibility index (Phi) is 5.38. The maximum absolute atomic E-state index is 12.4. The summed E-state index contributed by atoms with van der Waals surface area (Å²) in [5.41, 5.74) is 2.69. The van der Waals surface area contributed by atoms with Crippen LogP contribution in [-0.4, -0.2) is 35.2 Å². The van der Waals surface area contributed by atoms with Gasteiger partial charge >= 0.3 is 6.03 Å². The van der Waals surface area contributed by atoms with Gasteiger partial charge in [-0.25, -0.2) is 4.79 Å². The van der Waals surface area contributed by atoms with Crippen molar-refractivity contribution in [2.75, 3.05) is 18.4 Å². The van der Waals surface area contributed by atoms with Crippen LogP contribution in [0.15, 0.2) is 34.9 Å². The summed E-state index contributed by atoms with van der Waals surface area (Å²) in [7, 11) is 0. The van der Waals surface area contributed by atoms with Gasteiger partial charge in [-0.1, -0.05) is 49.3 Å². The summed E-state index contributed by atoms with van der Waals surface area (Å²) in [5.74, 6) is 1.11. The summed E-state index contributed by atoms with van der Waals surface area (Å²) in [5, 5.41) is 9.92. The molecule has 6 heteroatoms. The van der Waals surface area contributed by atoms with Crippen molar-refractivity contribution in [2.24, 2.45) is 5.92 Å². The van der Waals surface area contributed by atoms with E-state index in [2.05, 4.69) is 51.9 Å². The largest absolute Gasteiger partial charge is 0.359 e. The van der Waals surface area contributed by atoms with E-state index in [1.54, 1.807) is 0 Å². The van der Waals surface area contributed by atoms with Crippen molar-refractivity contribution >= 4 is 11.7 Å². The zero-order chi connectivity index (χ0) is 17.8. The maximum atomic E-state index is 12.4. The van der Waals surface area contributed by atoms with E-state index in [4.69, 9.17) is 4.52 Å². The molecule has 1 aliphatic rings. The van der Waals surface area contributed by atoms with Crippen molar-refractivity contribution in [3.05, 3.63) is 47.3 Å². The summed E-state index contributed by atoms with van der Waals surface area (Å²) < 4.78 is 5.22. The first kappa shape index (κ1) is 17.5. The molecule has 1 aromatic carbocycles. The molecule has 0 aliphatic carbocycles. The van der Waals surface area contributed by atoms with Crippen LogP contribution in [0, 0.1) is 12.8 Å². The number of aromatic nitrogens is 1. The molecule has 0 bridgehead atoms. The number of aryl methyl sites for hydroxylation is 2. The Balaban J connectivity index is 1.55. The number of nitrogens with zero attached hydrogens (tertiary/aromatic N) is 2. The van der Waals surface area contributed by atoms with E-state index in [1.165, 1.54) is 5.56 Å². The fourth-order valence-corrected chi connectivity index (χ4v) is 3.36. The Morgan fingerprint density at radius 1 is 1.32 bits per heavy atom. The Morgan fingerprint density at radius 3 is 2.80 bits per heavy atom. The number of likely N-dealkylation sites (tertiary alicyclic amines) is 1. The highest BCUT2D eigenvalue weighted by Gasteiger charge is 2.31. The number of carbonyl (C=O) groups excluding carboxylic acids is 1. The quantitative estimate of drug-likeness (QED) is 0.875. The van der Waals surface area contributed by atoms with Crippen molar-refractivity contribution < 1.29 is 9.32 Å². The maximum Gasteiger partial charge on any atom is 0.319 e. The topological polar surface area (TPSA) is 70.4 Å². The predicted molar refractivity (Wildman–Crippen MR) is 97.4 cm³/mol. The molecule has 3 rings (SSSR count). The summed E-state index contributed by atoms with van der Waals surface area (Å²) >= 11 is 0. The highest BCUT2D eigenvalue weighted by Crippen LogP contribution is 2.22. The minimum Gasteiger partial charge on any atom is -0.359 e. The van der Waals surface area contributed by atoms with Crippen LogP contribution in [0.1, 0.15) is 30.9 Å². The van der Waals surface area contributed by atoms with E-state index in [0.29, 0.717) is 29.5 Å². The van der Waals surface area contributed by atoms with Crippen LogP contribution in [0.2, 0.25) is 0 Å². The molecule has 1 aromatic heterocycles. The van der Waals surface area contributed by atoms with Crippen molar-refractivity contribution in [3.8, 4) is 0 Å². The van der Waals surface area contributed by atoms with Crippen LogP contribution in [-0.2, 0) is 13.0 Å². The molecule has 0 saturated carbocycles. The molecule has 1 fully saturated rings. The monoisotopic (exact) mass is 342 g/mol. The molecule has 25 heavy (non-hydrogen) atoms. The summed E-state index contributed by atoms with van der Waals surface area (Å²) in [4.78, 5) is 14.8. The van der Waals surface area contributed by atoms with Gasteiger partial charge in [-0.2, -0.15) is 0 Å². The van der Waals surface area contributed by atoms with Gasteiger partial charge in [-0.15, -0.1) is 0 Å². The average Bonchev–Trinajstić information content (AvgIpc) is 3.11. The average molecular weight is 342 g/mol. The third-order valence-electron chi connectivity index (χ3n) is 4.75. The fourth-order valence-electron chi connectivity index (χ4n) is 3.36. The first-order valence-electron chi connectivity index (χ1n) is 8.85. The van der Waals surface area contributed by atoms with Gasteiger partial charge in [0.2, 0.25) is 0 Å². The lowest BCUT2D eigenvalue weighted by Crippen LogP contribution is -2.42. The van der Waals surface area contributed by atoms with E-state index in [1.807, 2.05) is 19.9 Å². The highest BCUT2D eigenvalue weighted by molar-refractivity contribution is 5.90. The van der Waals surface area contributed by atoms with Crippen LogP contribution >= 0.6 is 0 Å². The Bertz CT molecular complexity index is 713. The normalized spacial score (nSPS) is 20.6. The van der Waals surface area contributed by atoms with Gasteiger partial charge in [0.05, 0.1) is 0 Å². The van der Waals surface area contributed by atoms with E-state index in [0.717, 1.165) is 19.6 Å². The van der Waals surface area contributed by atoms with E-state index in [-0.39, 0.29) is 12.1 Å². The summed E-state index contributed by atoms with van der Waals surface area (Å²) in [6.45, 7) is 8.73. The number of hydrogen-bond donors (Lipinski definition) is 2. The van der Waals surface area contributed by atoms with E-state index < -0.39 is 0 Å². The molecule has 0 spiro atoms. The molecule has 134 valence electrons. The van der Waals surface area contributed by atoms with Gasteiger partial charge in [0.25, 0.3) is 0 Å². The molecular formula is C19H26N4O2. The van der Waals surface area contributed by atoms with Crippen LogP contribution in [0.3, 0.4) is 0 Å². The van der Waals surface area contributed by atoms with Crippen LogP contribution in [0.5, 0.6) is 0 Å². The van der Waals surface area contributed by atoms with Gasteiger partial charge in [-0.3, -0.25) is 4.90 Å². The van der Waals surface area contributed by atoms with Crippen molar-refractivity contribution in [1.29, 1.82) is 0 Å². The minimum absolute atomic E-state index is 0.133. The fraction of sp³-hybridized carbons (Fsp3) is 0.474. The van der Waals surface area contributed by atoms with E-state index in [9.17, 15) is 4.79 Å². The number of nitrogens with one attached hydrogen (secondary N) is 2. The number of carbonyl (C=O) groups is 1. The Labute approximate surface area is 148 Å². The molecular weight excluding hydrogens is 316 g/mol. The molecule has 6 nitrogen and oxygen atoms in total. The molecule has 2 aromatic rings. The molecule has 2 N–H and O–H groups in total. The number of hydrogen-bond acceptors (Lipinski definition) is 4. The Morgan fingerprint density at radius 2 is 2.08 bits per heavy atom. The highest BCUT2D eigenvalue weighted by atomic mass is 16.5. The van der Waals surface area contributed by atoms with Crippen molar-refractivity contribution in [2.45, 2.75) is 39.8 Å². The predicted octanol–water partition coefficient (Wildman–Crippen LogP) is 3.19. The third-order valence-corrected chi connectivity index (χ3v) is 4.75. The van der Waals surface area contributed by atoms with Crippen molar-refractivity contribution in [3.63, 3.8) is 0 Å². The smallest absolute Gasteiger partial charge is 0.319 e. The molecule has 2 heterocycles. The second-order valence-corrected chi connectivity index (χ2v) is 6.78. The zero-order valence-corrected chi connectivity index (χ0v) is 15.1. The summed E-state index contributed by atoms with van der Waals surface area (Å²) in [6.07, 6.45) is 0.696. The van der Waals surface area contributed by atoms with Crippen molar-refractivity contribution in [1.82, 2.24) is 15.4 Å². The second-order valence-electron chi connectivity index (χ2n) is 6.78. The molecule has 1 aliphatic heterocycles. The molecule has 2 amide bonds. The number of amides is 2. The summed E-state index contributed by atoms with van der Waals surface area (Å²) in [6, 6.07) is 10.4.